The Morgan fingerprint density at radius 3 is 2.88 bits per heavy atom. The summed E-state index contributed by atoms with van der Waals surface area (Å²) in [5.74, 6) is -0.541. The molecule has 0 spiro atoms. The van der Waals surface area contributed by atoms with Crippen molar-refractivity contribution in [3.63, 3.8) is 0 Å². The lowest BCUT2D eigenvalue weighted by molar-refractivity contribution is 0.0963. The van der Waals surface area contributed by atoms with Crippen LogP contribution in [0.1, 0.15) is 0 Å². The molecule has 9 heteroatoms. The maximum Gasteiger partial charge on any atom is 0.414 e. The minimum atomic E-state index is -0.940. The number of thiophene rings is 1. The number of hydrogen-bond acceptors (Lipinski definition) is 6. The van der Waals surface area contributed by atoms with E-state index < -0.39 is 24.1 Å². The summed E-state index contributed by atoms with van der Waals surface area (Å²) >= 11 is 1.07. The van der Waals surface area contributed by atoms with Gasteiger partial charge in [-0.05, 0) is 30.3 Å². The Morgan fingerprint density at radius 2 is 2.25 bits per heavy atom. The van der Waals surface area contributed by atoms with Crippen LogP contribution in [0.5, 0.6) is 5.06 Å². The third kappa shape index (κ3) is 3.17. The zero-order chi connectivity index (χ0) is 17.3. The maximum atomic E-state index is 14.4. The van der Waals surface area contributed by atoms with Crippen LogP contribution in [-0.2, 0) is 4.74 Å². The zero-order valence-electron chi connectivity index (χ0n) is 12.3. The van der Waals surface area contributed by atoms with Crippen LogP contribution in [0.15, 0.2) is 30.3 Å². The normalized spacial score (nSPS) is 17.0. The van der Waals surface area contributed by atoms with Crippen molar-refractivity contribution >= 4 is 29.2 Å². The number of anilines is 1. The van der Waals surface area contributed by atoms with E-state index in [1.165, 1.54) is 23.1 Å². The molecule has 126 valence electrons. The largest absolute Gasteiger partial charge is 0.441 e. The molecule has 1 aliphatic rings. The fourth-order valence-electron chi connectivity index (χ4n) is 2.32. The Hall–Kier alpha value is -2.65. The minimum Gasteiger partial charge on any atom is -0.441 e. The highest BCUT2D eigenvalue weighted by Gasteiger charge is 2.32. The van der Waals surface area contributed by atoms with Crippen molar-refractivity contribution in [1.82, 2.24) is 0 Å². The molecule has 7 nitrogen and oxygen atoms in total. The van der Waals surface area contributed by atoms with Crippen molar-refractivity contribution < 1.29 is 28.6 Å². The molecular weight excluding hydrogens is 339 g/mol. The second-order valence-corrected chi connectivity index (χ2v) is 6.05. The topological polar surface area (TPSA) is 102 Å². The van der Waals surface area contributed by atoms with E-state index >= 15 is 0 Å². The number of aliphatic hydroxyl groups is 1. The number of aliphatic hydroxyl groups excluding tert-OH is 1. The summed E-state index contributed by atoms with van der Waals surface area (Å²) in [7, 11) is 0. The van der Waals surface area contributed by atoms with Crippen LogP contribution in [0, 0.1) is 5.82 Å². The van der Waals surface area contributed by atoms with Crippen molar-refractivity contribution in [1.29, 1.82) is 0 Å². The van der Waals surface area contributed by atoms with Gasteiger partial charge in [0.15, 0.2) is 5.06 Å². The molecule has 1 aliphatic heterocycles. The quantitative estimate of drug-likeness (QED) is 0.879. The average Bonchev–Trinajstić information content (AvgIpc) is 3.13. The Labute approximate surface area is 140 Å². The van der Waals surface area contributed by atoms with Crippen LogP contribution in [0.25, 0.3) is 10.4 Å². The van der Waals surface area contributed by atoms with Gasteiger partial charge in [-0.25, -0.2) is 14.0 Å². The van der Waals surface area contributed by atoms with Gasteiger partial charge in [-0.3, -0.25) is 4.90 Å². The number of carbonyl (C=O) groups is 2. The van der Waals surface area contributed by atoms with Crippen LogP contribution in [0.3, 0.4) is 0 Å². The maximum absolute atomic E-state index is 14.4. The third-order valence-corrected chi connectivity index (χ3v) is 4.39. The number of carbonyl (C=O) groups excluding carboxylic acids is 2. The molecule has 3 N–H and O–H groups in total. The molecule has 1 aromatic carbocycles. The standard InChI is InChI=1S/C15H13FN2O5S/c16-11-5-8(18-6-9(7-19)22-15(18)21)1-2-10(11)12-3-4-13(24-12)23-14(17)20/h1-5,9,19H,6-7H2,(H2,17,20)/t9-/m1/s1. The summed E-state index contributed by atoms with van der Waals surface area (Å²) in [6, 6.07) is 7.43. The third-order valence-electron chi connectivity index (χ3n) is 3.39. The highest BCUT2D eigenvalue weighted by Crippen LogP contribution is 2.36. The number of rotatable bonds is 4. The molecule has 2 aromatic rings. The van der Waals surface area contributed by atoms with Gasteiger partial charge in [-0.1, -0.05) is 11.3 Å². The second-order valence-electron chi connectivity index (χ2n) is 5.00. The predicted octanol–water partition coefficient (Wildman–Crippen LogP) is 2.33. The summed E-state index contributed by atoms with van der Waals surface area (Å²) in [6.45, 7) is -0.135. The number of cyclic esters (lactones) is 1. The number of benzene rings is 1. The first-order valence-corrected chi connectivity index (χ1v) is 7.75. The van der Waals surface area contributed by atoms with Crippen LogP contribution in [-0.4, -0.2) is 36.5 Å². The molecule has 0 radical (unpaired) electrons. The molecule has 24 heavy (non-hydrogen) atoms. The molecule has 2 amide bonds. The van der Waals surface area contributed by atoms with E-state index in [-0.39, 0.29) is 18.2 Å². The lowest BCUT2D eigenvalue weighted by Gasteiger charge is -2.13. The van der Waals surface area contributed by atoms with E-state index in [0.29, 0.717) is 16.1 Å². The summed E-state index contributed by atoms with van der Waals surface area (Å²) < 4.78 is 24.1. The summed E-state index contributed by atoms with van der Waals surface area (Å²) in [6.07, 6.45) is -2.19. The molecule has 2 heterocycles. The number of ether oxygens (including phenoxy) is 2. The number of amides is 2. The summed E-state index contributed by atoms with van der Waals surface area (Å²) in [4.78, 5) is 24.3. The number of primary amides is 1. The fraction of sp³-hybridized carbons (Fsp3) is 0.200. The van der Waals surface area contributed by atoms with Crippen LogP contribution in [0.4, 0.5) is 19.7 Å². The van der Waals surface area contributed by atoms with E-state index in [1.54, 1.807) is 12.1 Å². The van der Waals surface area contributed by atoms with Gasteiger partial charge in [0.05, 0.1) is 18.8 Å². The lowest BCUT2D eigenvalue weighted by atomic mass is 10.1. The van der Waals surface area contributed by atoms with E-state index in [0.717, 1.165) is 11.3 Å². The first kappa shape index (κ1) is 16.2. The van der Waals surface area contributed by atoms with Crippen molar-refractivity contribution in [2.45, 2.75) is 6.10 Å². The lowest BCUT2D eigenvalue weighted by Crippen LogP contribution is -2.25. The average molecular weight is 352 g/mol. The van der Waals surface area contributed by atoms with Gasteiger partial charge >= 0.3 is 12.2 Å². The van der Waals surface area contributed by atoms with Crippen molar-refractivity contribution in [3.05, 3.63) is 36.1 Å². The van der Waals surface area contributed by atoms with E-state index in [4.69, 9.17) is 20.3 Å². The number of nitrogens with zero attached hydrogens (tertiary/aromatic N) is 1. The molecule has 1 fully saturated rings. The summed E-state index contributed by atoms with van der Waals surface area (Å²) in [5, 5.41) is 9.30. The predicted molar refractivity (Wildman–Crippen MR) is 84.6 cm³/mol. The SMILES string of the molecule is NC(=O)Oc1ccc(-c2ccc(N3C[C@H](CO)OC3=O)cc2F)s1. The molecule has 1 atom stereocenters. The van der Waals surface area contributed by atoms with E-state index in [1.807, 2.05) is 0 Å². The molecule has 0 unspecified atom stereocenters. The van der Waals surface area contributed by atoms with Crippen molar-refractivity contribution in [2.75, 3.05) is 18.1 Å². The highest BCUT2D eigenvalue weighted by molar-refractivity contribution is 7.17. The van der Waals surface area contributed by atoms with Crippen LogP contribution >= 0.6 is 11.3 Å². The molecule has 1 aromatic heterocycles. The molecule has 1 saturated heterocycles. The van der Waals surface area contributed by atoms with Gasteiger partial charge in [0.1, 0.15) is 11.9 Å². The number of hydrogen-bond donors (Lipinski definition) is 2. The van der Waals surface area contributed by atoms with Gasteiger partial charge in [-0.2, -0.15) is 0 Å². The number of halogens is 1. The van der Waals surface area contributed by atoms with E-state index in [2.05, 4.69) is 0 Å². The Morgan fingerprint density at radius 1 is 1.46 bits per heavy atom. The van der Waals surface area contributed by atoms with Gasteiger partial charge < -0.3 is 20.3 Å². The monoisotopic (exact) mass is 352 g/mol. The van der Waals surface area contributed by atoms with E-state index in [9.17, 15) is 14.0 Å². The number of nitrogens with two attached hydrogens (primary N) is 1. The first-order chi connectivity index (χ1) is 11.5. The first-order valence-electron chi connectivity index (χ1n) is 6.94. The Bertz CT molecular complexity index is 794. The Balaban J connectivity index is 1.84. The van der Waals surface area contributed by atoms with Crippen LogP contribution < -0.4 is 15.4 Å². The summed E-state index contributed by atoms with van der Waals surface area (Å²) in [5.41, 5.74) is 5.57. The zero-order valence-corrected chi connectivity index (χ0v) is 13.1. The van der Waals surface area contributed by atoms with Gasteiger partial charge in [0, 0.05) is 10.4 Å². The molecule has 0 aliphatic carbocycles. The van der Waals surface area contributed by atoms with Gasteiger partial charge in [0.2, 0.25) is 0 Å². The van der Waals surface area contributed by atoms with Crippen molar-refractivity contribution in [3.8, 4) is 15.5 Å². The smallest absolute Gasteiger partial charge is 0.414 e. The van der Waals surface area contributed by atoms with Crippen molar-refractivity contribution in [2.24, 2.45) is 5.73 Å². The minimum absolute atomic E-state index is 0.156. The second kappa shape index (κ2) is 6.46. The van der Waals surface area contributed by atoms with Crippen LogP contribution in [0.2, 0.25) is 0 Å². The molecular formula is C15H13FN2O5S. The fourth-order valence-corrected chi connectivity index (χ4v) is 3.21. The van der Waals surface area contributed by atoms with Gasteiger partial charge in [0.25, 0.3) is 0 Å². The molecule has 0 bridgehead atoms. The molecule has 3 rings (SSSR count). The molecule has 0 saturated carbocycles. The van der Waals surface area contributed by atoms with Gasteiger partial charge in [-0.15, -0.1) is 0 Å². The Kier molecular flexibility index (Phi) is 4.36. The highest BCUT2D eigenvalue weighted by atomic mass is 32.1.